The van der Waals surface area contributed by atoms with Gasteiger partial charge in [-0.1, -0.05) is 17.7 Å². The van der Waals surface area contributed by atoms with Crippen LogP contribution in [0.4, 0.5) is 5.82 Å². The second-order valence-corrected chi connectivity index (χ2v) is 8.20. The fraction of sp³-hybridized carbons (Fsp3) is 0.360. The van der Waals surface area contributed by atoms with Gasteiger partial charge in [-0.3, -0.25) is 9.69 Å². The first-order chi connectivity index (χ1) is 15.5. The van der Waals surface area contributed by atoms with Crippen LogP contribution in [0.5, 0.6) is 11.5 Å². The Labute approximate surface area is 188 Å². The number of likely N-dealkylation sites (tertiary alicyclic amines) is 1. The van der Waals surface area contributed by atoms with E-state index >= 15 is 0 Å². The Morgan fingerprint density at radius 3 is 2.59 bits per heavy atom. The van der Waals surface area contributed by atoms with Gasteiger partial charge < -0.3 is 14.8 Å². The van der Waals surface area contributed by atoms with Crippen LogP contribution in [-0.4, -0.2) is 47.9 Å². The van der Waals surface area contributed by atoms with Crippen molar-refractivity contribution >= 4 is 11.7 Å². The molecule has 7 nitrogen and oxygen atoms in total. The highest BCUT2D eigenvalue weighted by atomic mass is 16.5. The van der Waals surface area contributed by atoms with Crippen molar-refractivity contribution in [1.82, 2.24) is 14.7 Å². The van der Waals surface area contributed by atoms with Crippen LogP contribution < -0.4 is 14.8 Å². The number of amides is 1. The van der Waals surface area contributed by atoms with E-state index in [1.54, 1.807) is 18.9 Å². The summed E-state index contributed by atoms with van der Waals surface area (Å²) < 4.78 is 12.8. The van der Waals surface area contributed by atoms with Crippen LogP contribution in [-0.2, 0) is 4.79 Å². The molecule has 1 aliphatic rings. The van der Waals surface area contributed by atoms with E-state index in [4.69, 9.17) is 9.47 Å². The van der Waals surface area contributed by atoms with Crippen LogP contribution in [0, 0.1) is 13.8 Å². The molecule has 1 N–H and O–H groups in total. The second kappa shape index (κ2) is 9.44. The molecule has 1 amide bonds. The van der Waals surface area contributed by atoms with Gasteiger partial charge in [0, 0.05) is 17.7 Å². The first-order valence-electron chi connectivity index (χ1n) is 10.9. The van der Waals surface area contributed by atoms with Gasteiger partial charge in [-0.25, -0.2) is 4.68 Å². The third-order valence-corrected chi connectivity index (χ3v) is 5.88. The normalized spacial score (nSPS) is 16.2. The zero-order valence-electron chi connectivity index (χ0n) is 19.1. The quantitative estimate of drug-likeness (QED) is 0.601. The molecule has 1 aliphatic heterocycles. The minimum Gasteiger partial charge on any atom is -0.497 e. The highest BCUT2D eigenvalue weighted by Crippen LogP contribution is 2.38. The van der Waals surface area contributed by atoms with Crippen molar-refractivity contribution in [2.24, 2.45) is 0 Å². The molecule has 1 saturated heterocycles. The van der Waals surface area contributed by atoms with Gasteiger partial charge in [-0.2, -0.15) is 5.10 Å². The summed E-state index contributed by atoms with van der Waals surface area (Å²) in [4.78, 5) is 15.2. The third-order valence-electron chi connectivity index (χ3n) is 5.88. The summed E-state index contributed by atoms with van der Waals surface area (Å²) in [5.74, 6) is 2.21. The van der Waals surface area contributed by atoms with E-state index in [0.717, 1.165) is 47.8 Å². The number of hydrogen-bond donors (Lipinski definition) is 1. The van der Waals surface area contributed by atoms with Gasteiger partial charge >= 0.3 is 0 Å². The van der Waals surface area contributed by atoms with Crippen LogP contribution in [0.25, 0.3) is 5.69 Å². The number of ether oxygens (including phenoxy) is 2. The molecule has 32 heavy (non-hydrogen) atoms. The second-order valence-electron chi connectivity index (χ2n) is 8.20. The summed E-state index contributed by atoms with van der Waals surface area (Å²) in [5.41, 5.74) is 3.99. The van der Waals surface area contributed by atoms with Crippen molar-refractivity contribution in [3.8, 4) is 17.2 Å². The first kappa shape index (κ1) is 21.9. The van der Waals surface area contributed by atoms with Crippen LogP contribution in [0.1, 0.15) is 35.7 Å². The van der Waals surface area contributed by atoms with Gasteiger partial charge in [-0.05, 0) is 63.6 Å². The molecule has 168 valence electrons. The number of nitrogens with one attached hydrogen (secondary N) is 1. The molecule has 0 spiro atoms. The standard InChI is InChI=1S/C25H30N4O3/c1-17-7-9-19(10-8-17)29-24(14-18(2)27-29)26-25(30)16-28-13-5-6-22(28)21-15-20(31-3)11-12-23(21)32-4/h7-12,14-15,22H,5-6,13,16H2,1-4H3,(H,26,30). The van der Waals surface area contributed by atoms with Gasteiger partial charge in [0.15, 0.2) is 0 Å². The summed E-state index contributed by atoms with van der Waals surface area (Å²) in [6, 6.07) is 15.9. The highest BCUT2D eigenvalue weighted by Gasteiger charge is 2.30. The minimum atomic E-state index is -0.0629. The molecular formula is C25H30N4O3. The first-order valence-corrected chi connectivity index (χ1v) is 10.9. The minimum absolute atomic E-state index is 0.0629. The van der Waals surface area contributed by atoms with Crippen molar-refractivity contribution < 1.29 is 14.3 Å². The Morgan fingerprint density at radius 2 is 1.88 bits per heavy atom. The van der Waals surface area contributed by atoms with Gasteiger partial charge in [0.2, 0.25) is 5.91 Å². The van der Waals surface area contributed by atoms with Crippen molar-refractivity contribution in [3.63, 3.8) is 0 Å². The lowest BCUT2D eigenvalue weighted by Crippen LogP contribution is -2.33. The Balaban J connectivity index is 1.51. The Bertz CT molecular complexity index is 1090. The number of hydrogen-bond acceptors (Lipinski definition) is 5. The molecule has 0 saturated carbocycles. The van der Waals surface area contributed by atoms with Crippen molar-refractivity contribution in [3.05, 3.63) is 65.4 Å². The fourth-order valence-electron chi connectivity index (χ4n) is 4.31. The van der Waals surface area contributed by atoms with E-state index in [9.17, 15) is 4.79 Å². The van der Waals surface area contributed by atoms with Gasteiger partial charge in [-0.15, -0.1) is 0 Å². The van der Waals surface area contributed by atoms with E-state index in [1.165, 1.54) is 5.56 Å². The fourth-order valence-corrected chi connectivity index (χ4v) is 4.31. The van der Waals surface area contributed by atoms with Crippen molar-refractivity contribution in [1.29, 1.82) is 0 Å². The van der Waals surface area contributed by atoms with E-state index in [0.29, 0.717) is 12.4 Å². The van der Waals surface area contributed by atoms with E-state index in [-0.39, 0.29) is 11.9 Å². The smallest absolute Gasteiger partial charge is 0.239 e. The lowest BCUT2D eigenvalue weighted by atomic mass is 10.0. The molecule has 2 heterocycles. The third kappa shape index (κ3) is 4.62. The maximum atomic E-state index is 13.0. The molecule has 7 heteroatoms. The predicted octanol–water partition coefficient (Wildman–Crippen LogP) is 4.28. The SMILES string of the molecule is COc1ccc(OC)c(C2CCCN2CC(=O)Nc2cc(C)nn2-c2ccc(C)cc2)c1. The van der Waals surface area contributed by atoms with Crippen LogP contribution in [0.2, 0.25) is 0 Å². The molecular weight excluding hydrogens is 404 g/mol. The molecule has 4 rings (SSSR count). The van der Waals surface area contributed by atoms with Crippen LogP contribution in [0.15, 0.2) is 48.5 Å². The number of anilines is 1. The average Bonchev–Trinajstić information content (AvgIpc) is 3.39. The molecule has 1 unspecified atom stereocenters. The maximum Gasteiger partial charge on any atom is 0.239 e. The summed E-state index contributed by atoms with van der Waals surface area (Å²) in [6.07, 6.45) is 2.00. The number of nitrogens with zero attached hydrogens (tertiary/aromatic N) is 3. The molecule has 0 aliphatic carbocycles. The Kier molecular flexibility index (Phi) is 6.46. The van der Waals surface area contributed by atoms with Crippen molar-refractivity contribution in [2.75, 3.05) is 32.6 Å². The molecule has 2 aromatic carbocycles. The number of methoxy groups -OCH3 is 2. The Morgan fingerprint density at radius 1 is 1.09 bits per heavy atom. The summed E-state index contributed by atoms with van der Waals surface area (Å²) in [6.45, 7) is 5.12. The monoisotopic (exact) mass is 434 g/mol. The molecule has 1 atom stereocenters. The number of carbonyl (C=O) groups excluding carboxylic acids is 1. The molecule has 1 aromatic heterocycles. The number of aromatic nitrogens is 2. The number of aryl methyl sites for hydroxylation is 2. The van der Waals surface area contributed by atoms with E-state index in [1.807, 2.05) is 62.4 Å². The molecule has 1 fully saturated rings. The average molecular weight is 435 g/mol. The van der Waals surface area contributed by atoms with Gasteiger partial charge in [0.05, 0.1) is 32.1 Å². The molecule has 0 radical (unpaired) electrons. The van der Waals surface area contributed by atoms with Gasteiger partial charge in [0.25, 0.3) is 0 Å². The molecule has 3 aromatic rings. The largest absolute Gasteiger partial charge is 0.497 e. The Hall–Kier alpha value is -3.32. The predicted molar refractivity (Wildman–Crippen MR) is 125 cm³/mol. The lowest BCUT2D eigenvalue weighted by Gasteiger charge is -2.26. The van der Waals surface area contributed by atoms with Crippen molar-refractivity contribution in [2.45, 2.75) is 32.7 Å². The van der Waals surface area contributed by atoms with Gasteiger partial charge in [0.1, 0.15) is 17.3 Å². The van der Waals surface area contributed by atoms with Crippen LogP contribution >= 0.6 is 0 Å². The molecule has 0 bridgehead atoms. The zero-order valence-corrected chi connectivity index (χ0v) is 19.1. The summed E-state index contributed by atoms with van der Waals surface area (Å²) in [5, 5.41) is 7.62. The van der Waals surface area contributed by atoms with E-state index < -0.39 is 0 Å². The van der Waals surface area contributed by atoms with E-state index in [2.05, 4.69) is 15.3 Å². The lowest BCUT2D eigenvalue weighted by molar-refractivity contribution is -0.117. The summed E-state index contributed by atoms with van der Waals surface area (Å²) >= 11 is 0. The zero-order chi connectivity index (χ0) is 22.7. The van der Waals surface area contributed by atoms with Crippen LogP contribution in [0.3, 0.4) is 0 Å². The number of benzene rings is 2. The topological polar surface area (TPSA) is 68.6 Å². The number of rotatable bonds is 7. The summed E-state index contributed by atoms with van der Waals surface area (Å²) in [7, 11) is 3.33. The maximum absolute atomic E-state index is 13.0. The highest BCUT2D eigenvalue weighted by molar-refractivity contribution is 5.91. The number of carbonyl (C=O) groups is 1.